The monoisotopic (exact) mass is 249 g/mol. The molecule has 1 aromatic heterocycles. The number of nitrogens with zero attached hydrogens (tertiary/aromatic N) is 2. The molecule has 0 atom stereocenters. The van der Waals surface area contributed by atoms with E-state index >= 15 is 0 Å². The zero-order valence-electron chi connectivity index (χ0n) is 9.93. The van der Waals surface area contributed by atoms with Crippen molar-refractivity contribution in [3.8, 4) is 10.6 Å². The van der Waals surface area contributed by atoms with Crippen molar-refractivity contribution < 1.29 is 4.74 Å². The van der Waals surface area contributed by atoms with Crippen molar-refractivity contribution in [2.45, 2.75) is 6.92 Å². The molecule has 5 heteroatoms. The molecule has 0 spiro atoms. The summed E-state index contributed by atoms with van der Waals surface area (Å²) in [6, 6.07) is 8.26. The van der Waals surface area contributed by atoms with Gasteiger partial charge in [0.1, 0.15) is 5.01 Å². The molecule has 0 aliphatic carbocycles. The molecule has 1 N–H and O–H groups in total. The van der Waals surface area contributed by atoms with Gasteiger partial charge in [0.05, 0.1) is 6.61 Å². The van der Waals surface area contributed by atoms with E-state index < -0.39 is 0 Å². The fraction of sp³-hybridized carbons (Fsp3) is 0.333. The van der Waals surface area contributed by atoms with E-state index in [1.165, 1.54) is 5.56 Å². The predicted molar refractivity (Wildman–Crippen MR) is 70.4 cm³/mol. The van der Waals surface area contributed by atoms with E-state index in [2.05, 4.69) is 34.6 Å². The van der Waals surface area contributed by atoms with E-state index in [1.54, 1.807) is 18.4 Å². The van der Waals surface area contributed by atoms with Crippen molar-refractivity contribution in [3.05, 3.63) is 29.8 Å². The summed E-state index contributed by atoms with van der Waals surface area (Å²) in [5, 5.41) is 13.2. The minimum atomic E-state index is 0.666. The zero-order chi connectivity index (χ0) is 12.1. The van der Waals surface area contributed by atoms with Gasteiger partial charge >= 0.3 is 0 Å². The van der Waals surface area contributed by atoms with Crippen molar-refractivity contribution in [3.63, 3.8) is 0 Å². The first-order chi connectivity index (χ1) is 8.29. The van der Waals surface area contributed by atoms with Gasteiger partial charge in [0.2, 0.25) is 5.13 Å². The Morgan fingerprint density at radius 2 is 2.24 bits per heavy atom. The van der Waals surface area contributed by atoms with E-state index in [1.807, 2.05) is 12.1 Å². The smallest absolute Gasteiger partial charge is 0.206 e. The molecule has 0 bridgehead atoms. The van der Waals surface area contributed by atoms with Crippen LogP contribution in [0.1, 0.15) is 5.56 Å². The van der Waals surface area contributed by atoms with E-state index in [0.29, 0.717) is 6.61 Å². The fourth-order valence-electron chi connectivity index (χ4n) is 1.45. The Morgan fingerprint density at radius 3 is 3.00 bits per heavy atom. The van der Waals surface area contributed by atoms with Crippen molar-refractivity contribution in [1.29, 1.82) is 0 Å². The Kier molecular flexibility index (Phi) is 4.06. The first-order valence-corrected chi connectivity index (χ1v) is 6.24. The molecule has 0 aliphatic heterocycles. The minimum Gasteiger partial charge on any atom is -0.383 e. The molecule has 1 heterocycles. The third-order valence-corrected chi connectivity index (χ3v) is 3.20. The van der Waals surface area contributed by atoms with E-state index in [4.69, 9.17) is 4.74 Å². The van der Waals surface area contributed by atoms with Gasteiger partial charge in [-0.1, -0.05) is 35.1 Å². The van der Waals surface area contributed by atoms with Gasteiger partial charge in [-0.2, -0.15) is 0 Å². The second kappa shape index (κ2) is 5.75. The number of hydrogen-bond donors (Lipinski definition) is 1. The van der Waals surface area contributed by atoms with Crippen LogP contribution in [0.15, 0.2) is 24.3 Å². The normalized spacial score (nSPS) is 10.5. The lowest BCUT2D eigenvalue weighted by Crippen LogP contribution is -2.06. The number of aromatic nitrogens is 2. The largest absolute Gasteiger partial charge is 0.383 e. The maximum atomic E-state index is 4.96. The highest BCUT2D eigenvalue weighted by Gasteiger charge is 2.05. The molecule has 0 saturated carbocycles. The number of aryl methyl sites for hydroxylation is 1. The van der Waals surface area contributed by atoms with Crippen LogP contribution in [0.3, 0.4) is 0 Å². The third-order valence-electron chi connectivity index (χ3n) is 2.27. The molecule has 1 aromatic carbocycles. The Morgan fingerprint density at radius 1 is 1.35 bits per heavy atom. The SMILES string of the molecule is COCCNc1nnc(-c2cccc(C)c2)s1. The molecule has 0 fully saturated rings. The number of hydrogen-bond acceptors (Lipinski definition) is 5. The summed E-state index contributed by atoms with van der Waals surface area (Å²) < 4.78 is 4.96. The Bertz CT molecular complexity index is 484. The summed E-state index contributed by atoms with van der Waals surface area (Å²) >= 11 is 1.56. The summed E-state index contributed by atoms with van der Waals surface area (Å²) in [7, 11) is 1.68. The number of nitrogens with one attached hydrogen (secondary N) is 1. The minimum absolute atomic E-state index is 0.666. The van der Waals surface area contributed by atoms with Crippen LogP contribution in [0.5, 0.6) is 0 Å². The highest BCUT2D eigenvalue weighted by molar-refractivity contribution is 7.18. The lowest BCUT2D eigenvalue weighted by atomic mass is 10.1. The fourth-order valence-corrected chi connectivity index (χ4v) is 2.21. The second-order valence-corrected chi connectivity index (χ2v) is 4.68. The van der Waals surface area contributed by atoms with Crippen LogP contribution < -0.4 is 5.32 Å². The first kappa shape index (κ1) is 12.0. The Labute approximate surface area is 105 Å². The second-order valence-electron chi connectivity index (χ2n) is 3.70. The molecule has 0 amide bonds. The van der Waals surface area contributed by atoms with E-state index in [-0.39, 0.29) is 0 Å². The molecule has 90 valence electrons. The summed E-state index contributed by atoms with van der Waals surface area (Å²) in [5.41, 5.74) is 2.34. The molecule has 4 nitrogen and oxygen atoms in total. The van der Waals surface area contributed by atoms with Crippen molar-refractivity contribution in [1.82, 2.24) is 10.2 Å². The van der Waals surface area contributed by atoms with Gasteiger partial charge in [-0.25, -0.2) is 0 Å². The van der Waals surface area contributed by atoms with Gasteiger partial charge in [-0.3, -0.25) is 0 Å². The standard InChI is InChI=1S/C12H15N3OS/c1-9-4-3-5-10(8-9)11-14-15-12(17-11)13-6-7-16-2/h3-5,8H,6-7H2,1-2H3,(H,13,15). The zero-order valence-corrected chi connectivity index (χ0v) is 10.8. The third kappa shape index (κ3) is 3.25. The molecule has 0 saturated heterocycles. The Hall–Kier alpha value is -1.46. The highest BCUT2D eigenvalue weighted by Crippen LogP contribution is 2.26. The number of rotatable bonds is 5. The van der Waals surface area contributed by atoms with Crippen molar-refractivity contribution in [2.75, 3.05) is 25.6 Å². The number of ether oxygens (including phenoxy) is 1. The maximum Gasteiger partial charge on any atom is 0.206 e. The van der Waals surface area contributed by atoms with Gasteiger partial charge in [0, 0.05) is 19.2 Å². The first-order valence-electron chi connectivity index (χ1n) is 5.43. The van der Waals surface area contributed by atoms with Crippen LogP contribution >= 0.6 is 11.3 Å². The molecule has 2 rings (SSSR count). The molecular formula is C12H15N3OS. The number of benzene rings is 1. The average Bonchev–Trinajstić information content (AvgIpc) is 2.78. The molecule has 0 unspecified atom stereocenters. The summed E-state index contributed by atoms with van der Waals surface area (Å²) in [6.07, 6.45) is 0. The topological polar surface area (TPSA) is 47.0 Å². The van der Waals surface area contributed by atoms with E-state index in [0.717, 1.165) is 22.2 Å². The molecule has 0 radical (unpaired) electrons. The number of anilines is 1. The average molecular weight is 249 g/mol. The van der Waals surface area contributed by atoms with Gasteiger partial charge in [-0.15, -0.1) is 10.2 Å². The number of methoxy groups -OCH3 is 1. The van der Waals surface area contributed by atoms with Crippen molar-refractivity contribution in [2.24, 2.45) is 0 Å². The predicted octanol–water partition coefficient (Wildman–Crippen LogP) is 2.57. The van der Waals surface area contributed by atoms with Crippen LogP contribution in [-0.2, 0) is 4.74 Å². The highest BCUT2D eigenvalue weighted by atomic mass is 32.1. The van der Waals surface area contributed by atoms with Crippen LogP contribution in [0, 0.1) is 6.92 Å². The molecular weight excluding hydrogens is 234 g/mol. The summed E-state index contributed by atoms with van der Waals surface area (Å²) in [5.74, 6) is 0. The van der Waals surface area contributed by atoms with Crippen LogP contribution in [0.4, 0.5) is 5.13 Å². The van der Waals surface area contributed by atoms with Gasteiger partial charge < -0.3 is 10.1 Å². The van der Waals surface area contributed by atoms with Crippen LogP contribution in [-0.4, -0.2) is 30.5 Å². The summed E-state index contributed by atoms with van der Waals surface area (Å²) in [6.45, 7) is 3.49. The van der Waals surface area contributed by atoms with Gasteiger partial charge in [-0.05, 0) is 13.0 Å². The van der Waals surface area contributed by atoms with Crippen LogP contribution in [0.2, 0.25) is 0 Å². The quantitative estimate of drug-likeness (QED) is 0.827. The van der Waals surface area contributed by atoms with Gasteiger partial charge in [0.25, 0.3) is 0 Å². The molecule has 17 heavy (non-hydrogen) atoms. The van der Waals surface area contributed by atoms with Gasteiger partial charge in [0.15, 0.2) is 0 Å². The Balaban J connectivity index is 2.07. The lowest BCUT2D eigenvalue weighted by Gasteiger charge is -1.99. The molecule has 0 aliphatic rings. The summed E-state index contributed by atoms with van der Waals surface area (Å²) in [4.78, 5) is 0. The lowest BCUT2D eigenvalue weighted by molar-refractivity contribution is 0.211. The maximum absolute atomic E-state index is 4.96. The molecule has 2 aromatic rings. The van der Waals surface area contributed by atoms with Crippen molar-refractivity contribution >= 4 is 16.5 Å². The van der Waals surface area contributed by atoms with E-state index in [9.17, 15) is 0 Å². The van der Waals surface area contributed by atoms with Crippen LogP contribution in [0.25, 0.3) is 10.6 Å².